The SMILES string of the molecule is CN(C)S(=O)(=O)c1ccc(N=Nc2ccc(N)cc2)cc1. The largest absolute Gasteiger partial charge is 0.399 e. The van der Waals surface area contributed by atoms with Gasteiger partial charge in [0, 0.05) is 19.8 Å². The van der Waals surface area contributed by atoms with Gasteiger partial charge in [0.15, 0.2) is 0 Å². The minimum Gasteiger partial charge on any atom is -0.399 e. The molecule has 0 radical (unpaired) electrons. The summed E-state index contributed by atoms with van der Waals surface area (Å²) in [5, 5.41) is 8.10. The van der Waals surface area contributed by atoms with Crippen LogP contribution in [0.4, 0.5) is 17.1 Å². The van der Waals surface area contributed by atoms with Crippen molar-refractivity contribution in [3.63, 3.8) is 0 Å². The first-order valence-electron chi connectivity index (χ1n) is 6.19. The van der Waals surface area contributed by atoms with Gasteiger partial charge in [-0.05, 0) is 48.5 Å². The van der Waals surface area contributed by atoms with Crippen molar-refractivity contribution in [1.29, 1.82) is 0 Å². The van der Waals surface area contributed by atoms with Crippen LogP contribution in [0, 0.1) is 0 Å². The molecule has 2 rings (SSSR count). The maximum atomic E-state index is 11.9. The van der Waals surface area contributed by atoms with E-state index in [1.165, 1.54) is 26.2 Å². The molecule has 0 atom stereocenters. The van der Waals surface area contributed by atoms with Crippen molar-refractivity contribution in [3.8, 4) is 0 Å². The molecular formula is C14H16N4O2S. The molecule has 21 heavy (non-hydrogen) atoms. The molecule has 2 aromatic rings. The lowest BCUT2D eigenvalue weighted by molar-refractivity contribution is 0.521. The summed E-state index contributed by atoms with van der Waals surface area (Å²) in [5.74, 6) is 0. The summed E-state index contributed by atoms with van der Waals surface area (Å²) in [7, 11) is -0.438. The Balaban J connectivity index is 2.18. The third-order valence-corrected chi connectivity index (χ3v) is 4.62. The number of anilines is 1. The van der Waals surface area contributed by atoms with E-state index in [1.807, 2.05) is 0 Å². The van der Waals surface area contributed by atoms with Crippen molar-refractivity contribution < 1.29 is 8.42 Å². The molecule has 0 saturated heterocycles. The minimum atomic E-state index is -3.42. The van der Waals surface area contributed by atoms with Crippen LogP contribution in [-0.2, 0) is 10.0 Å². The zero-order valence-electron chi connectivity index (χ0n) is 11.8. The number of azo groups is 1. The molecule has 0 bridgehead atoms. The van der Waals surface area contributed by atoms with Crippen molar-refractivity contribution in [2.45, 2.75) is 4.90 Å². The summed E-state index contributed by atoms with van der Waals surface area (Å²) in [6.07, 6.45) is 0. The van der Waals surface area contributed by atoms with Gasteiger partial charge >= 0.3 is 0 Å². The Kier molecular flexibility index (Phi) is 4.35. The lowest BCUT2D eigenvalue weighted by Gasteiger charge is -2.10. The number of benzene rings is 2. The monoisotopic (exact) mass is 304 g/mol. The topological polar surface area (TPSA) is 88.1 Å². The fourth-order valence-electron chi connectivity index (χ4n) is 1.55. The normalized spacial score (nSPS) is 12.1. The van der Waals surface area contributed by atoms with Gasteiger partial charge in [-0.15, -0.1) is 0 Å². The van der Waals surface area contributed by atoms with Gasteiger partial charge in [0.1, 0.15) is 0 Å². The summed E-state index contributed by atoms with van der Waals surface area (Å²) in [6, 6.07) is 13.2. The molecule has 6 nitrogen and oxygen atoms in total. The fourth-order valence-corrected chi connectivity index (χ4v) is 2.45. The fraction of sp³-hybridized carbons (Fsp3) is 0.143. The molecule has 2 aromatic carbocycles. The smallest absolute Gasteiger partial charge is 0.242 e. The molecule has 0 aliphatic heterocycles. The van der Waals surface area contributed by atoms with E-state index in [-0.39, 0.29) is 4.90 Å². The van der Waals surface area contributed by atoms with Crippen molar-refractivity contribution in [2.75, 3.05) is 19.8 Å². The first-order valence-corrected chi connectivity index (χ1v) is 7.63. The highest BCUT2D eigenvalue weighted by Gasteiger charge is 2.16. The maximum absolute atomic E-state index is 11.9. The summed E-state index contributed by atoms with van der Waals surface area (Å²) in [4.78, 5) is 0.221. The molecule has 2 N–H and O–H groups in total. The molecular weight excluding hydrogens is 288 g/mol. The summed E-state index contributed by atoms with van der Waals surface area (Å²) in [5.41, 5.74) is 7.49. The lowest BCUT2D eigenvalue weighted by atomic mass is 10.3. The predicted molar refractivity (Wildman–Crippen MR) is 82.3 cm³/mol. The van der Waals surface area contributed by atoms with Crippen LogP contribution in [0.1, 0.15) is 0 Å². The average molecular weight is 304 g/mol. The van der Waals surface area contributed by atoms with E-state index in [9.17, 15) is 8.42 Å². The summed E-state index contributed by atoms with van der Waals surface area (Å²) >= 11 is 0. The van der Waals surface area contributed by atoms with Crippen LogP contribution in [0.2, 0.25) is 0 Å². The van der Waals surface area contributed by atoms with Gasteiger partial charge in [0.2, 0.25) is 10.0 Å². The van der Waals surface area contributed by atoms with Gasteiger partial charge in [-0.1, -0.05) is 0 Å². The van der Waals surface area contributed by atoms with Gasteiger partial charge in [-0.3, -0.25) is 0 Å². The van der Waals surface area contributed by atoms with E-state index in [2.05, 4.69) is 10.2 Å². The highest BCUT2D eigenvalue weighted by molar-refractivity contribution is 7.89. The van der Waals surface area contributed by atoms with Crippen molar-refractivity contribution in [2.24, 2.45) is 10.2 Å². The van der Waals surface area contributed by atoms with Crippen LogP contribution in [0.5, 0.6) is 0 Å². The minimum absolute atomic E-state index is 0.221. The second-order valence-electron chi connectivity index (χ2n) is 4.57. The van der Waals surface area contributed by atoms with Crippen LogP contribution >= 0.6 is 0 Å². The summed E-state index contributed by atoms with van der Waals surface area (Å²) < 4.78 is 25.0. The van der Waals surface area contributed by atoms with Gasteiger partial charge in [0.25, 0.3) is 0 Å². The van der Waals surface area contributed by atoms with Gasteiger partial charge in [0.05, 0.1) is 16.3 Å². The quantitative estimate of drug-likeness (QED) is 0.695. The predicted octanol–water partition coefficient (Wildman–Crippen LogP) is 2.93. The van der Waals surface area contributed by atoms with Crippen LogP contribution < -0.4 is 5.73 Å². The Morgan fingerprint density at radius 1 is 0.857 bits per heavy atom. The van der Waals surface area contributed by atoms with Crippen LogP contribution in [0.3, 0.4) is 0 Å². The Morgan fingerprint density at radius 3 is 1.71 bits per heavy atom. The first-order chi connectivity index (χ1) is 9.89. The summed E-state index contributed by atoms with van der Waals surface area (Å²) in [6.45, 7) is 0. The third kappa shape index (κ3) is 3.65. The zero-order chi connectivity index (χ0) is 15.5. The second-order valence-corrected chi connectivity index (χ2v) is 6.72. The molecule has 0 aromatic heterocycles. The molecule has 0 aliphatic carbocycles. The second kappa shape index (κ2) is 6.02. The highest BCUT2D eigenvalue weighted by atomic mass is 32.2. The molecule has 7 heteroatoms. The molecule has 0 heterocycles. The molecule has 0 spiro atoms. The number of rotatable bonds is 4. The van der Waals surface area contributed by atoms with Gasteiger partial charge < -0.3 is 5.73 Å². The van der Waals surface area contributed by atoms with Crippen LogP contribution in [0.25, 0.3) is 0 Å². The van der Waals surface area contributed by atoms with Crippen molar-refractivity contribution >= 4 is 27.1 Å². The van der Waals surface area contributed by atoms with E-state index in [1.54, 1.807) is 36.4 Å². The van der Waals surface area contributed by atoms with Crippen molar-refractivity contribution in [3.05, 3.63) is 48.5 Å². The Bertz CT molecular complexity index is 736. The number of sulfonamides is 1. The number of nitrogens with zero attached hydrogens (tertiary/aromatic N) is 3. The van der Waals surface area contributed by atoms with Crippen molar-refractivity contribution in [1.82, 2.24) is 4.31 Å². The van der Waals surface area contributed by atoms with Crippen LogP contribution in [-0.4, -0.2) is 26.8 Å². The lowest BCUT2D eigenvalue weighted by Crippen LogP contribution is -2.21. The van der Waals surface area contributed by atoms with E-state index in [0.717, 1.165) is 4.31 Å². The number of hydrogen-bond donors (Lipinski definition) is 1. The standard InChI is InChI=1S/C14H16N4O2S/c1-18(2)21(19,20)14-9-7-13(8-10-14)17-16-12-5-3-11(15)4-6-12/h3-10H,15H2,1-2H3. The third-order valence-electron chi connectivity index (χ3n) is 2.79. The van der Waals surface area contributed by atoms with E-state index >= 15 is 0 Å². The highest BCUT2D eigenvalue weighted by Crippen LogP contribution is 2.21. The average Bonchev–Trinajstić information content (AvgIpc) is 2.47. The number of hydrogen-bond acceptors (Lipinski definition) is 5. The first kappa shape index (κ1) is 15.1. The van der Waals surface area contributed by atoms with E-state index in [0.29, 0.717) is 17.1 Å². The Hall–Kier alpha value is -2.25. The van der Waals surface area contributed by atoms with Gasteiger partial charge in [-0.25, -0.2) is 12.7 Å². The van der Waals surface area contributed by atoms with E-state index < -0.39 is 10.0 Å². The van der Waals surface area contributed by atoms with E-state index in [4.69, 9.17) is 5.73 Å². The maximum Gasteiger partial charge on any atom is 0.242 e. The van der Waals surface area contributed by atoms with Crippen LogP contribution in [0.15, 0.2) is 63.7 Å². The number of nitrogens with two attached hydrogens (primary N) is 1. The molecule has 110 valence electrons. The molecule has 0 unspecified atom stereocenters. The Morgan fingerprint density at radius 2 is 1.29 bits per heavy atom. The Labute approximate surface area is 124 Å². The van der Waals surface area contributed by atoms with Gasteiger partial charge in [-0.2, -0.15) is 10.2 Å². The zero-order valence-corrected chi connectivity index (χ0v) is 12.6. The number of nitrogen functional groups attached to an aromatic ring is 1. The molecule has 0 fully saturated rings. The molecule has 0 aliphatic rings. The molecule has 0 amide bonds. The molecule has 0 saturated carbocycles.